The van der Waals surface area contributed by atoms with Crippen molar-refractivity contribution in [3.8, 4) is 5.75 Å². The van der Waals surface area contributed by atoms with Crippen molar-refractivity contribution in [2.24, 2.45) is 0 Å². The highest BCUT2D eigenvalue weighted by atomic mass is 16.3. The maximum atomic E-state index is 11.3. The number of rotatable bonds is 4. The summed E-state index contributed by atoms with van der Waals surface area (Å²) in [5, 5.41) is 9.78. The van der Waals surface area contributed by atoms with Gasteiger partial charge in [-0.1, -0.05) is 30.3 Å². The Morgan fingerprint density at radius 1 is 1.06 bits per heavy atom. The maximum absolute atomic E-state index is 11.3. The minimum Gasteiger partial charge on any atom is -0.508 e. The number of hydrogen-bond donors (Lipinski definition) is 1. The van der Waals surface area contributed by atoms with E-state index in [9.17, 15) is 9.90 Å². The number of ketones is 1. The number of phenols is 1. The van der Waals surface area contributed by atoms with Crippen molar-refractivity contribution in [3.05, 3.63) is 65.2 Å². The number of hydrogen-bond acceptors (Lipinski definition) is 2. The fourth-order valence-corrected chi connectivity index (χ4v) is 1.93. The molecule has 0 amide bonds. The van der Waals surface area contributed by atoms with Gasteiger partial charge in [-0.15, -0.1) is 0 Å². The standard InChI is InChI=1S/C16H16O2/c1-12(17)14-9-10-16(18)15(11-14)8-7-13-5-3-2-4-6-13/h2-6,9-11,18H,7-8H2,1H3. The number of carbonyl (C=O) groups excluding carboxylic acids is 1. The smallest absolute Gasteiger partial charge is 0.159 e. The molecule has 0 aliphatic heterocycles. The van der Waals surface area contributed by atoms with E-state index < -0.39 is 0 Å². The lowest BCUT2D eigenvalue weighted by Gasteiger charge is -2.06. The normalized spacial score (nSPS) is 10.3. The molecule has 0 heterocycles. The molecular weight excluding hydrogens is 224 g/mol. The van der Waals surface area contributed by atoms with Crippen LogP contribution < -0.4 is 0 Å². The van der Waals surface area contributed by atoms with E-state index in [1.54, 1.807) is 18.2 Å². The Balaban J connectivity index is 2.14. The van der Waals surface area contributed by atoms with Crippen LogP contribution in [0.4, 0.5) is 0 Å². The third kappa shape index (κ3) is 2.98. The molecule has 2 heteroatoms. The van der Waals surface area contributed by atoms with Gasteiger partial charge in [-0.2, -0.15) is 0 Å². The molecule has 2 nitrogen and oxygen atoms in total. The van der Waals surface area contributed by atoms with E-state index in [0.29, 0.717) is 5.56 Å². The number of Topliss-reactive ketones (excluding diaryl/α,β-unsaturated/α-hetero) is 1. The van der Waals surface area contributed by atoms with Gasteiger partial charge in [0.25, 0.3) is 0 Å². The van der Waals surface area contributed by atoms with E-state index in [0.717, 1.165) is 18.4 Å². The summed E-state index contributed by atoms with van der Waals surface area (Å²) < 4.78 is 0. The van der Waals surface area contributed by atoms with Crippen molar-refractivity contribution in [1.82, 2.24) is 0 Å². The molecule has 0 fully saturated rings. The largest absolute Gasteiger partial charge is 0.508 e. The Hall–Kier alpha value is -2.09. The van der Waals surface area contributed by atoms with Crippen molar-refractivity contribution in [2.45, 2.75) is 19.8 Å². The predicted octanol–water partition coefficient (Wildman–Crippen LogP) is 3.38. The first-order chi connectivity index (χ1) is 8.66. The average molecular weight is 240 g/mol. The Labute approximate surface area is 107 Å². The number of aromatic hydroxyl groups is 1. The topological polar surface area (TPSA) is 37.3 Å². The van der Waals surface area contributed by atoms with Gasteiger partial charge in [0.05, 0.1) is 0 Å². The quantitative estimate of drug-likeness (QED) is 0.832. The van der Waals surface area contributed by atoms with E-state index in [4.69, 9.17) is 0 Å². The Morgan fingerprint density at radius 2 is 1.78 bits per heavy atom. The summed E-state index contributed by atoms with van der Waals surface area (Å²) in [6.45, 7) is 1.54. The van der Waals surface area contributed by atoms with Crippen molar-refractivity contribution in [2.75, 3.05) is 0 Å². The summed E-state index contributed by atoms with van der Waals surface area (Å²) in [4.78, 5) is 11.3. The molecule has 0 atom stereocenters. The number of aryl methyl sites for hydroxylation is 2. The first-order valence-electron chi connectivity index (χ1n) is 6.03. The van der Waals surface area contributed by atoms with Gasteiger partial charge in [-0.25, -0.2) is 0 Å². The molecule has 0 aliphatic carbocycles. The second-order valence-electron chi connectivity index (χ2n) is 4.39. The Kier molecular flexibility index (Phi) is 3.78. The number of carbonyl (C=O) groups is 1. The lowest BCUT2D eigenvalue weighted by Crippen LogP contribution is -1.96. The first-order valence-corrected chi connectivity index (χ1v) is 6.03. The van der Waals surface area contributed by atoms with Crippen LogP contribution in [0.25, 0.3) is 0 Å². The van der Waals surface area contributed by atoms with Crippen molar-refractivity contribution in [3.63, 3.8) is 0 Å². The fourth-order valence-electron chi connectivity index (χ4n) is 1.93. The van der Waals surface area contributed by atoms with E-state index in [2.05, 4.69) is 12.1 Å². The lowest BCUT2D eigenvalue weighted by molar-refractivity contribution is 0.101. The molecule has 0 aliphatic rings. The summed E-state index contributed by atoms with van der Waals surface area (Å²) in [6.07, 6.45) is 1.59. The third-order valence-electron chi connectivity index (χ3n) is 3.01. The molecule has 0 radical (unpaired) electrons. The molecule has 0 aromatic heterocycles. The van der Waals surface area contributed by atoms with Crippen LogP contribution in [0.5, 0.6) is 5.75 Å². The molecule has 2 rings (SSSR count). The zero-order chi connectivity index (χ0) is 13.0. The third-order valence-corrected chi connectivity index (χ3v) is 3.01. The highest BCUT2D eigenvalue weighted by molar-refractivity contribution is 5.94. The molecule has 2 aromatic carbocycles. The van der Waals surface area contributed by atoms with Gasteiger partial charge in [0.2, 0.25) is 0 Å². The van der Waals surface area contributed by atoms with Gasteiger partial charge < -0.3 is 5.11 Å². The highest BCUT2D eigenvalue weighted by Crippen LogP contribution is 2.20. The Bertz CT molecular complexity index is 544. The second-order valence-corrected chi connectivity index (χ2v) is 4.39. The molecule has 0 spiro atoms. The van der Waals surface area contributed by atoms with Crippen molar-refractivity contribution in [1.29, 1.82) is 0 Å². The van der Waals surface area contributed by atoms with E-state index in [-0.39, 0.29) is 11.5 Å². The molecule has 92 valence electrons. The van der Waals surface area contributed by atoms with Crippen molar-refractivity contribution >= 4 is 5.78 Å². The molecule has 0 saturated heterocycles. The van der Waals surface area contributed by atoms with Crippen LogP contribution in [-0.2, 0) is 12.8 Å². The van der Waals surface area contributed by atoms with E-state index in [1.807, 2.05) is 18.2 Å². The molecule has 0 saturated carbocycles. The number of phenolic OH excluding ortho intramolecular Hbond substituents is 1. The second kappa shape index (κ2) is 5.50. The molecule has 18 heavy (non-hydrogen) atoms. The molecular formula is C16H16O2. The van der Waals surface area contributed by atoms with Crippen LogP contribution in [0.1, 0.15) is 28.4 Å². The summed E-state index contributed by atoms with van der Waals surface area (Å²) in [6, 6.07) is 15.1. The summed E-state index contributed by atoms with van der Waals surface area (Å²) in [5.74, 6) is 0.284. The number of benzene rings is 2. The zero-order valence-corrected chi connectivity index (χ0v) is 10.4. The van der Waals surface area contributed by atoms with Gasteiger partial charge >= 0.3 is 0 Å². The van der Waals surface area contributed by atoms with Crippen LogP contribution in [0.2, 0.25) is 0 Å². The van der Waals surface area contributed by atoms with Gasteiger partial charge in [0.1, 0.15) is 5.75 Å². The van der Waals surface area contributed by atoms with Crippen LogP contribution in [0.15, 0.2) is 48.5 Å². The van der Waals surface area contributed by atoms with Gasteiger partial charge in [0.15, 0.2) is 5.78 Å². The highest BCUT2D eigenvalue weighted by Gasteiger charge is 2.06. The molecule has 0 unspecified atom stereocenters. The lowest BCUT2D eigenvalue weighted by atomic mass is 10.0. The molecule has 1 N–H and O–H groups in total. The van der Waals surface area contributed by atoms with E-state index in [1.165, 1.54) is 12.5 Å². The minimum absolute atomic E-state index is 0.0240. The van der Waals surface area contributed by atoms with E-state index >= 15 is 0 Å². The SMILES string of the molecule is CC(=O)c1ccc(O)c(CCc2ccccc2)c1. The van der Waals surface area contributed by atoms with Gasteiger partial charge in [-0.3, -0.25) is 4.79 Å². The van der Waals surface area contributed by atoms with Crippen LogP contribution in [-0.4, -0.2) is 10.9 Å². The van der Waals surface area contributed by atoms with Crippen LogP contribution in [0, 0.1) is 0 Å². The van der Waals surface area contributed by atoms with Gasteiger partial charge in [-0.05, 0) is 49.1 Å². The summed E-state index contributed by atoms with van der Waals surface area (Å²) in [7, 11) is 0. The average Bonchev–Trinajstić information content (AvgIpc) is 2.38. The minimum atomic E-state index is 0.0240. The fraction of sp³-hybridized carbons (Fsp3) is 0.188. The first kappa shape index (κ1) is 12.4. The molecule has 2 aromatic rings. The maximum Gasteiger partial charge on any atom is 0.159 e. The summed E-state index contributed by atoms with van der Waals surface area (Å²) >= 11 is 0. The zero-order valence-electron chi connectivity index (χ0n) is 10.4. The molecule has 0 bridgehead atoms. The summed E-state index contributed by atoms with van der Waals surface area (Å²) in [5.41, 5.74) is 2.70. The van der Waals surface area contributed by atoms with Gasteiger partial charge in [0, 0.05) is 5.56 Å². The van der Waals surface area contributed by atoms with Crippen molar-refractivity contribution < 1.29 is 9.90 Å². The van der Waals surface area contributed by atoms with Crippen LogP contribution in [0.3, 0.4) is 0 Å². The van der Waals surface area contributed by atoms with Crippen LogP contribution >= 0.6 is 0 Å². The predicted molar refractivity (Wildman–Crippen MR) is 72.0 cm³/mol. The Morgan fingerprint density at radius 3 is 2.44 bits per heavy atom. The monoisotopic (exact) mass is 240 g/mol.